The number of hydrogen-bond donors (Lipinski definition) is 0. The fourth-order valence-corrected chi connectivity index (χ4v) is 12.8. The molecular weight excluding hydrogens is 1260 g/mol. The van der Waals surface area contributed by atoms with Crippen LogP contribution in [0.3, 0.4) is 0 Å². The number of carbonyl (C=O) groups is 1. The van der Waals surface area contributed by atoms with E-state index in [4.69, 9.17) is 75.8 Å². The van der Waals surface area contributed by atoms with Gasteiger partial charge in [-0.2, -0.15) is 0 Å². The Hall–Kier alpha value is -8.15. The summed E-state index contributed by atoms with van der Waals surface area (Å²) in [6, 6.07) is 87.5. The van der Waals surface area contributed by atoms with Crippen LogP contribution >= 0.6 is 0 Å². The molecule has 17 heteroatoms. The minimum atomic E-state index is -1.50. The number of hydrogen-bond acceptors (Lipinski definition) is 17. The maximum atomic E-state index is 15.3. The van der Waals surface area contributed by atoms with E-state index in [2.05, 4.69) is 0 Å². The summed E-state index contributed by atoms with van der Waals surface area (Å²) in [5, 5.41) is 0. The lowest BCUT2D eigenvalue weighted by Gasteiger charge is -2.53. The van der Waals surface area contributed by atoms with Crippen molar-refractivity contribution in [3.63, 3.8) is 0 Å². The zero-order valence-corrected chi connectivity index (χ0v) is 55.2. The van der Waals surface area contributed by atoms with E-state index in [-0.39, 0.29) is 71.6 Å². The highest BCUT2D eigenvalue weighted by Crippen LogP contribution is 2.42. The van der Waals surface area contributed by atoms with Gasteiger partial charge in [0, 0.05) is 12.7 Å². The van der Waals surface area contributed by atoms with Crippen molar-refractivity contribution in [2.24, 2.45) is 0 Å². The third-order valence-electron chi connectivity index (χ3n) is 17.8. The molecule has 4 saturated heterocycles. The summed E-state index contributed by atoms with van der Waals surface area (Å²) in [6.07, 6.45) is -17.2. The van der Waals surface area contributed by atoms with E-state index in [9.17, 15) is 0 Å². The van der Waals surface area contributed by atoms with E-state index in [1.807, 2.05) is 249 Å². The van der Waals surface area contributed by atoms with Crippen molar-refractivity contribution in [2.45, 2.75) is 145 Å². The highest BCUT2D eigenvalue weighted by atomic mass is 16.8. The van der Waals surface area contributed by atoms with Gasteiger partial charge in [-0.25, -0.2) is 4.79 Å². The predicted molar refractivity (Wildman–Crippen MR) is 366 cm³/mol. The Morgan fingerprint density at radius 2 is 0.687 bits per heavy atom. The third-order valence-corrected chi connectivity index (χ3v) is 17.8. The molecule has 16 atom stereocenters. The summed E-state index contributed by atoms with van der Waals surface area (Å²) >= 11 is 0. The van der Waals surface area contributed by atoms with Crippen LogP contribution in [-0.4, -0.2) is 125 Å². The van der Waals surface area contributed by atoms with Gasteiger partial charge in [-0.15, -0.1) is 0 Å². The van der Waals surface area contributed by atoms with Crippen molar-refractivity contribution < 1.29 is 80.6 Å². The largest absolute Gasteiger partial charge is 0.450 e. The first-order chi connectivity index (χ1) is 49.0. The molecule has 13 rings (SSSR count). The van der Waals surface area contributed by atoms with E-state index in [1.54, 1.807) is 31.4 Å². The van der Waals surface area contributed by atoms with Gasteiger partial charge in [0.2, 0.25) is 0 Å². The van der Waals surface area contributed by atoms with Crippen LogP contribution in [0.15, 0.2) is 273 Å². The minimum absolute atomic E-state index is 0.0177. The van der Waals surface area contributed by atoms with Crippen molar-refractivity contribution in [3.05, 3.63) is 323 Å². The molecule has 0 aromatic heterocycles. The van der Waals surface area contributed by atoms with Crippen molar-refractivity contribution in [3.8, 4) is 0 Å². The van der Waals surface area contributed by atoms with Crippen LogP contribution < -0.4 is 0 Å². The number of benzene rings is 9. The molecule has 9 aromatic carbocycles. The van der Waals surface area contributed by atoms with Crippen molar-refractivity contribution >= 4 is 5.97 Å². The van der Waals surface area contributed by atoms with E-state index in [1.165, 1.54) is 0 Å². The molecule has 9 aromatic rings. The highest BCUT2D eigenvalue weighted by molar-refractivity contribution is 5.89. The normalized spacial score (nSPS) is 26.8. The van der Waals surface area contributed by atoms with Crippen LogP contribution in [0.2, 0.25) is 0 Å². The van der Waals surface area contributed by atoms with Gasteiger partial charge in [0.15, 0.2) is 31.3 Å². The summed E-state index contributed by atoms with van der Waals surface area (Å²) in [5.74, 6) is -0.702. The molecule has 4 aliphatic heterocycles. The third kappa shape index (κ3) is 18.8. The Kier molecular flexibility index (Phi) is 25.0. The van der Waals surface area contributed by atoms with Crippen LogP contribution in [0.5, 0.6) is 0 Å². The quantitative estimate of drug-likeness (QED) is 0.0376. The lowest BCUT2D eigenvalue weighted by Crippen LogP contribution is -2.69. The molecule has 4 aliphatic rings. The van der Waals surface area contributed by atoms with Crippen LogP contribution in [0, 0.1) is 0 Å². The van der Waals surface area contributed by atoms with Crippen LogP contribution in [0.4, 0.5) is 0 Å². The number of carbonyl (C=O) groups excluding carboxylic acids is 1. The van der Waals surface area contributed by atoms with Gasteiger partial charge in [0.05, 0.1) is 71.6 Å². The lowest BCUT2D eigenvalue weighted by molar-refractivity contribution is -0.410. The number of fused-ring (bicyclic) bond motifs is 1. The van der Waals surface area contributed by atoms with Gasteiger partial charge < -0.3 is 75.8 Å². The SMILES string of the molecule is COC1OC(COCc2ccccc2)C(OC2OC3COC(c4ccccc4)OC3C(OC3OC(COCc4ccccc4)C(OCc4ccccc4)C(OCc4ccccc4)C3OCc3ccccc3)C2OC(=O)c2ccccc2)C(OCc2ccccc2)C1OCc1ccccc1. The monoisotopic (exact) mass is 1340 g/mol. The van der Waals surface area contributed by atoms with E-state index < -0.39 is 104 Å². The van der Waals surface area contributed by atoms with Gasteiger partial charge in [-0.3, -0.25) is 0 Å². The van der Waals surface area contributed by atoms with Crippen LogP contribution in [0.25, 0.3) is 0 Å². The lowest BCUT2D eigenvalue weighted by atomic mass is 9.94. The minimum Gasteiger partial charge on any atom is -0.450 e. The second-order valence-electron chi connectivity index (χ2n) is 24.8. The highest BCUT2D eigenvalue weighted by Gasteiger charge is 2.59. The molecule has 0 N–H and O–H groups in total. The molecule has 0 radical (unpaired) electrons. The Balaban J connectivity index is 0.931. The molecule has 0 amide bonds. The number of methoxy groups -OCH3 is 1. The topological polar surface area (TPSA) is 165 Å². The summed E-state index contributed by atoms with van der Waals surface area (Å²) < 4.78 is 113. The number of esters is 1. The van der Waals surface area contributed by atoms with E-state index in [0.29, 0.717) is 0 Å². The smallest absolute Gasteiger partial charge is 0.338 e. The fraction of sp³-hybridized carbons (Fsp3) is 0.329. The van der Waals surface area contributed by atoms with E-state index in [0.717, 1.165) is 44.5 Å². The molecule has 16 unspecified atom stereocenters. The van der Waals surface area contributed by atoms with Gasteiger partial charge >= 0.3 is 5.97 Å². The maximum absolute atomic E-state index is 15.3. The van der Waals surface area contributed by atoms with Gasteiger partial charge in [-0.1, -0.05) is 261 Å². The summed E-state index contributed by atoms with van der Waals surface area (Å²) in [7, 11) is 1.57. The summed E-state index contributed by atoms with van der Waals surface area (Å²) in [6.45, 7) is 1.25. The zero-order chi connectivity index (χ0) is 67.2. The van der Waals surface area contributed by atoms with Gasteiger partial charge in [0.25, 0.3) is 0 Å². The first-order valence-corrected chi connectivity index (χ1v) is 33.9. The molecule has 99 heavy (non-hydrogen) atoms. The molecule has 514 valence electrons. The predicted octanol–water partition coefficient (Wildman–Crippen LogP) is 13.3. The summed E-state index contributed by atoms with van der Waals surface area (Å²) in [5.41, 5.74) is 7.41. The fourth-order valence-electron chi connectivity index (χ4n) is 12.8. The number of ether oxygens (including phenoxy) is 16. The number of rotatable bonds is 31. The maximum Gasteiger partial charge on any atom is 0.338 e. The van der Waals surface area contributed by atoms with Crippen LogP contribution in [0.1, 0.15) is 61.2 Å². The summed E-state index contributed by atoms with van der Waals surface area (Å²) in [4.78, 5) is 15.3. The second-order valence-corrected chi connectivity index (χ2v) is 24.8. The molecule has 0 aliphatic carbocycles. The molecule has 4 fully saturated rings. The first-order valence-electron chi connectivity index (χ1n) is 33.9. The second kappa shape index (κ2) is 35.8. The Labute approximate surface area is 578 Å². The van der Waals surface area contributed by atoms with Crippen molar-refractivity contribution in [1.29, 1.82) is 0 Å². The average molecular weight is 1340 g/mol. The van der Waals surface area contributed by atoms with Crippen molar-refractivity contribution in [1.82, 2.24) is 0 Å². The molecule has 0 bridgehead atoms. The molecular formula is C82H84O17. The molecule has 0 spiro atoms. The van der Waals surface area contributed by atoms with E-state index >= 15 is 4.79 Å². The molecule has 4 heterocycles. The van der Waals surface area contributed by atoms with Gasteiger partial charge in [-0.05, 0) is 51.1 Å². The Morgan fingerprint density at radius 3 is 1.13 bits per heavy atom. The zero-order valence-electron chi connectivity index (χ0n) is 55.2. The standard InChI is InChI=1S/C82H84O17/c1-84-80-75(90-52-62-39-21-7-22-40-62)73(89-51-61-37-19-6-20-38-61)70(67(93-80)55-86-48-58-31-13-3-14-32-58)98-82-77(96-78(83)64-43-25-9-26-44-64)74(71-68(95-82)56-92-79(97-71)65-45-27-10-28-46-65)99-81-76(91-53-63-41-23-8-24-42-63)72(88-50-60-35-17-5-18-36-60)69(87-49-59-33-15-4-16-34-59)66(94-81)54-85-47-57-29-11-2-12-30-57/h2-46,66-77,79-82H,47-56H2,1H3. The molecule has 17 nitrogen and oxygen atoms in total. The average Bonchev–Trinajstić information content (AvgIpc) is 0.758. The van der Waals surface area contributed by atoms with Crippen molar-refractivity contribution in [2.75, 3.05) is 26.9 Å². The van der Waals surface area contributed by atoms with Crippen LogP contribution in [-0.2, 0) is 122 Å². The Morgan fingerprint density at radius 1 is 0.343 bits per heavy atom. The molecule has 0 saturated carbocycles. The van der Waals surface area contributed by atoms with Gasteiger partial charge in [0.1, 0.15) is 67.1 Å². The first kappa shape index (κ1) is 69.3. The Bertz CT molecular complexity index is 3760.